The Morgan fingerprint density at radius 1 is 1.44 bits per heavy atom. The number of aliphatic hydroxyl groups excluding tert-OH is 1. The lowest BCUT2D eigenvalue weighted by Gasteiger charge is -2.12. The van der Waals surface area contributed by atoms with Crippen molar-refractivity contribution >= 4 is 23.2 Å². The molecule has 0 amide bonds. The Kier molecular flexibility index (Phi) is 5.58. The molecule has 86 valence electrons. The minimum atomic E-state index is -0.752. The number of benzene rings is 1. The van der Waals surface area contributed by atoms with E-state index < -0.39 is 6.10 Å². The van der Waals surface area contributed by atoms with Crippen molar-refractivity contribution in [2.75, 3.05) is 13.2 Å². The van der Waals surface area contributed by atoms with Gasteiger partial charge in [-0.3, -0.25) is 0 Å². The summed E-state index contributed by atoms with van der Waals surface area (Å²) in [6.45, 7) is 0.332. The number of nitrogens with zero attached hydrogens (tertiary/aromatic N) is 1. The topological polar surface area (TPSA) is 53.2 Å². The molecule has 0 aliphatic carbocycles. The molecule has 0 radical (unpaired) electrons. The van der Waals surface area contributed by atoms with Crippen LogP contribution < -0.4 is 0 Å². The molecule has 0 aliphatic heterocycles. The average Bonchev–Trinajstić information content (AvgIpc) is 2.29. The highest BCUT2D eigenvalue weighted by atomic mass is 35.5. The van der Waals surface area contributed by atoms with Crippen molar-refractivity contribution in [3.8, 4) is 6.07 Å². The summed E-state index contributed by atoms with van der Waals surface area (Å²) in [4.78, 5) is 0. The molecular weight excluding hydrogens is 249 g/mol. The fourth-order valence-electron chi connectivity index (χ4n) is 1.19. The summed E-state index contributed by atoms with van der Waals surface area (Å²) in [5.41, 5.74) is 0.551. The van der Waals surface area contributed by atoms with Crippen LogP contribution in [0.25, 0.3) is 0 Å². The fraction of sp³-hybridized carbons (Fsp3) is 0.364. The van der Waals surface area contributed by atoms with Gasteiger partial charge in [-0.2, -0.15) is 5.26 Å². The van der Waals surface area contributed by atoms with E-state index in [1.165, 1.54) is 0 Å². The maximum atomic E-state index is 8.95. The Morgan fingerprint density at radius 2 is 2.19 bits per heavy atom. The predicted molar refractivity (Wildman–Crippen MR) is 62.5 cm³/mol. The van der Waals surface area contributed by atoms with Crippen molar-refractivity contribution in [2.45, 2.75) is 12.5 Å². The van der Waals surface area contributed by atoms with Crippen LogP contribution in [-0.2, 0) is 4.74 Å². The smallest absolute Gasteiger partial charge is 0.170 e. The van der Waals surface area contributed by atoms with Gasteiger partial charge >= 0.3 is 0 Å². The molecule has 0 saturated heterocycles. The van der Waals surface area contributed by atoms with Gasteiger partial charge in [-0.25, -0.2) is 0 Å². The van der Waals surface area contributed by atoms with Gasteiger partial charge in [0, 0.05) is 12.2 Å². The van der Waals surface area contributed by atoms with Gasteiger partial charge in [-0.1, -0.05) is 35.3 Å². The monoisotopic (exact) mass is 259 g/mol. The minimum absolute atomic E-state index is 0.0292. The van der Waals surface area contributed by atoms with Crippen LogP contribution >= 0.6 is 23.2 Å². The first kappa shape index (κ1) is 13.3. The van der Waals surface area contributed by atoms with Crippen molar-refractivity contribution in [3.63, 3.8) is 0 Å². The van der Waals surface area contributed by atoms with Gasteiger partial charge in [-0.05, 0) is 12.5 Å². The first-order chi connectivity index (χ1) is 7.70. The van der Waals surface area contributed by atoms with Crippen molar-refractivity contribution in [2.24, 2.45) is 0 Å². The van der Waals surface area contributed by atoms with Gasteiger partial charge in [0.25, 0.3) is 0 Å². The summed E-state index contributed by atoms with van der Waals surface area (Å²) in [5.74, 6) is 0. The van der Waals surface area contributed by atoms with Gasteiger partial charge < -0.3 is 9.84 Å². The Labute approximate surface area is 104 Å². The Morgan fingerprint density at radius 3 is 2.81 bits per heavy atom. The first-order valence-electron chi connectivity index (χ1n) is 4.76. The zero-order valence-electron chi connectivity index (χ0n) is 8.49. The summed E-state index contributed by atoms with van der Waals surface area (Å²) in [6, 6.07) is 7.05. The van der Waals surface area contributed by atoms with Crippen LogP contribution in [0.1, 0.15) is 18.1 Å². The maximum absolute atomic E-state index is 8.95. The molecule has 3 nitrogen and oxygen atoms in total. The number of hydrogen-bond acceptors (Lipinski definition) is 3. The van der Waals surface area contributed by atoms with Crippen molar-refractivity contribution in [3.05, 3.63) is 33.8 Å². The predicted octanol–water partition coefficient (Wildman–Crippen LogP) is 2.96. The fourth-order valence-corrected chi connectivity index (χ4v) is 1.59. The summed E-state index contributed by atoms with van der Waals surface area (Å²) >= 11 is 11.8. The van der Waals surface area contributed by atoms with E-state index in [2.05, 4.69) is 0 Å². The van der Waals surface area contributed by atoms with Crippen LogP contribution in [0.3, 0.4) is 0 Å². The molecule has 1 atom stereocenters. The molecule has 0 saturated carbocycles. The lowest BCUT2D eigenvalue weighted by molar-refractivity contribution is 0.0774. The molecule has 0 aromatic heterocycles. The highest BCUT2D eigenvalue weighted by molar-refractivity contribution is 6.42. The summed E-state index contributed by atoms with van der Waals surface area (Å²) in [5, 5.41) is 18.3. The number of ether oxygens (including phenoxy) is 1. The molecule has 5 heteroatoms. The molecule has 16 heavy (non-hydrogen) atoms. The number of nitriles is 1. The van der Waals surface area contributed by atoms with E-state index in [0.29, 0.717) is 28.6 Å². The van der Waals surface area contributed by atoms with E-state index in [0.717, 1.165) is 0 Å². The molecule has 0 heterocycles. The van der Waals surface area contributed by atoms with Gasteiger partial charge in [0.05, 0.1) is 22.7 Å². The van der Waals surface area contributed by atoms with E-state index in [-0.39, 0.29) is 6.61 Å². The van der Waals surface area contributed by atoms with Gasteiger partial charge in [0.2, 0.25) is 0 Å². The lowest BCUT2D eigenvalue weighted by Crippen LogP contribution is -2.05. The van der Waals surface area contributed by atoms with Gasteiger partial charge in [0.15, 0.2) is 6.10 Å². The van der Waals surface area contributed by atoms with E-state index in [1.807, 2.05) is 6.07 Å². The third-order valence-corrected chi connectivity index (χ3v) is 2.80. The quantitative estimate of drug-likeness (QED) is 0.828. The minimum Gasteiger partial charge on any atom is -0.396 e. The Hall–Kier alpha value is -0.790. The number of aliphatic hydroxyl groups is 1. The molecule has 1 N–H and O–H groups in total. The van der Waals surface area contributed by atoms with Crippen molar-refractivity contribution in [1.82, 2.24) is 0 Å². The van der Waals surface area contributed by atoms with Crippen LogP contribution in [0.2, 0.25) is 10.0 Å². The van der Waals surface area contributed by atoms with E-state index in [1.54, 1.807) is 18.2 Å². The standard InChI is InChI=1S/C11H11Cl2NO2/c12-9-4-1-3-8(11(9)13)10(7-14)16-6-2-5-15/h1,3-4,10,15H,2,5-6H2. The lowest BCUT2D eigenvalue weighted by atomic mass is 10.1. The normalized spacial score (nSPS) is 12.1. The van der Waals surface area contributed by atoms with Crippen LogP contribution in [-0.4, -0.2) is 18.3 Å². The molecule has 0 fully saturated rings. The molecule has 1 rings (SSSR count). The second kappa shape index (κ2) is 6.72. The number of rotatable bonds is 5. The number of hydrogen-bond donors (Lipinski definition) is 1. The van der Waals surface area contributed by atoms with E-state index >= 15 is 0 Å². The molecule has 1 unspecified atom stereocenters. The highest BCUT2D eigenvalue weighted by Crippen LogP contribution is 2.31. The zero-order valence-corrected chi connectivity index (χ0v) is 10.0. The van der Waals surface area contributed by atoms with Crippen LogP contribution in [0, 0.1) is 11.3 Å². The summed E-state index contributed by atoms with van der Waals surface area (Å²) in [7, 11) is 0. The summed E-state index contributed by atoms with van der Waals surface area (Å²) in [6.07, 6.45) is -0.270. The maximum Gasteiger partial charge on any atom is 0.170 e. The van der Waals surface area contributed by atoms with E-state index in [9.17, 15) is 0 Å². The second-order valence-corrected chi connectivity index (χ2v) is 3.89. The number of halogens is 2. The van der Waals surface area contributed by atoms with Crippen LogP contribution in [0.15, 0.2) is 18.2 Å². The van der Waals surface area contributed by atoms with Gasteiger partial charge in [0.1, 0.15) is 0 Å². The first-order valence-corrected chi connectivity index (χ1v) is 5.52. The van der Waals surface area contributed by atoms with Crippen molar-refractivity contribution in [1.29, 1.82) is 5.26 Å². The highest BCUT2D eigenvalue weighted by Gasteiger charge is 2.15. The van der Waals surface area contributed by atoms with E-state index in [4.69, 9.17) is 38.3 Å². The van der Waals surface area contributed by atoms with Crippen LogP contribution in [0.4, 0.5) is 0 Å². The Balaban J connectivity index is 2.80. The molecular formula is C11H11Cl2NO2. The molecule has 0 aliphatic rings. The SMILES string of the molecule is N#CC(OCCCO)c1cccc(Cl)c1Cl. The summed E-state index contributed by atoms with van der Waals surface area (Å²) < 4.78 is 5.29. The average molecular weight is 260 g/mol. The zero-order chi connectivity index (χ0) is 12.0. The van der Waals surface area contributed by atoms with Crippen LogP contribution in [0.5, 0.6) is 0 Å². The van der Waals surface area contributed by atoms with Crippen molar-refractivity contribution < 1.29 is 9.84 Å². The third-order valence-electron chi connectivity index (χ3n) is 1.97. The largest absolute Gasteiger partial charge is 0.396 e. The molecule has 1 aromatic carbocycles. The Bertz CT molecular complexity index is 390. The molecule has 1 aromatic rings. The molecule has 0 bridgehead atoms. The van der Waals surface area contributed by atoms with Gasteiger partial charge in [-0.15, -0.1) is 0 Å². The third kappa shape index (κ3) is 3.36. The molecule has 0 spiro atoms. The second-order valence-electron chi connectivity index (χ2n) is 3.10.